The summed E-state index contributed by atoms with van der Waals surface area (Å²) in [6.45, 7) is 7.63. The van der Waals surface area contributed by atoms with Crippen LogP contribution in [0.15, 0.2) is 48.5 Å². The van der Waals surface area contributed by atoms with Crippen LogP contribution in [-0.2, 0) is 16.1 Å². The molecule has 2 aromatic rings. The number of aryl methyl sites for hydroxylation is 1. The van der Waals surface area contributed by atoms with Gasteiger partial charge in [-0.05, 0) is 35.7 Å². The van der Waals surface area contributed by atoms with Crippen molar-refractivity contribution in [3.8, 4) is 0 Å². The molecule has 1 saturated heterocycles. The number of rotatable bonds is 6. The number of nitrogens with one attached hydrogen (secondary N) is 1. The van der Waals surface area contributed by atoms with Gasteiger partial charge >= 0.3 is 0 Å². The zero-order valence-electron chi connectivity index (χ0n) is 17.0. The van der Waals surface area contributed by atoms with E-state index >= 15 is 0 Å². The predicted molar refractivity (Wildman–Crippen MR) is 116 cm³/mol. The molecule has 29 heavy (non-hydrogen) atoms. The number of hydrogen-bond acceptors (Lipinski definition) is 3. The van der Waals surface area contributed by atoms with E-state index in [2.05, 4.69) is 41.4 Å². The number of carbonyl (C=O) groups excluding carboxylic acids is 2. The van der Waals surface area contributed by atoms with Crippen LogP contribution < -0.4 is 5.32 Å². The van der Waals surface area contributed by atoms with E-state index in [4.69, 9.17) is 11.6 Å². The quantitative estimate of drug-likeness (QED) is 0.787. The lowest BCUT2D eigenvalue weighted by molar-refractivity contribution is -0.133. The Kier molecular flexibility index (Phi) is 7.29. The van der Waals surface area contributed by atoms with Crippen molar-refractivity contribution in [2.75, 3.05) is 26.2 Å². The van der Waals surface area contributed by atoms with Crippen molar-refractivity contribution < 1.29 is 9.59 Å². The van der Waals surface area contributed by atoms with Gasteiger partial charge in [-0.15, -0.1) is 0 Å². The van der Waals surface area contributed by atoms with Gasteiger partial charge < -0.3 is 10.2 Å². The SMILES string of the molecule is CC(=O)N[C@@H](CC(=O)N1CCN(Cc2ccccc2C)CC1)c1ccc(Cl)cc1. The maximum atomic E-state index is 12.9. The molecule has 0 bridgehead atoms. The smallest absolute Gasteiger partial charge is 0.225 e. The van der Waals surface area contributed by atoms with Gasteiger partial charge in [-0.3, -0.25) is 14.5 Å². The number of nitrogens with zero attached hydrogens (tertiary/aromatic N) is 2. The average molecular weight is 414 g/mol. The van der Waals surface area contributed by atoms with E-state index in [1.807, 2.05) is 17.0 Å². The average Bonchev–Trinajstić information content (AvgIpc) is 2.70. The Labute approximate surface area is 177 Å². The minimum atomic E-state index is -0.345. The molecule has 1 heterocycles. The zero-order valence-corrected chi connectivity index (χ0v) is 17.8. The van der Waals surface area contributed by atoms with Crippen LogP contribution in [0.3, 0.4) is 0 Å². The molecule has 0 unspecified atom stereocenters. The summed E-state index contributed by atoms with van der Waals surface area (Å²) < 4.78 is 0. The predicted octanol–water partition coefficient (Wildman–Crippen LogP) is 3.56. The monoisotopic (exact) mass is 413 g/mol. The Morgan fingerprint density at radius 1 is 1.03 bits per heavy atom. The van der Waals surface area contributed by atoms with Gasteiger partial charge in [0.2, 0.25) is 11.8 Å². The minimum absolute atomic E-state index is 0.0641. The van der Waals surface area contributed by atoms with Gasteiger partial charge in [-0.25, -0.2) is 0 Å². The van der Waals surface area contributed by atoms with Crippen LogP contribution >= 0.6 is 11.6 Å². The molecule has 0 saturated carbocycles. The van der Waals surface area contributed by atoms with Crippen molar-refractivity contribution in [3.63, 3.8) is 0 Å². The molecular formula is C23H28ClN3O2. The van der Waals surface area contributed by atoms with Gasteiger partial charge in [0.1, 0.15) is 0 Å². The molecule has 1 aliphatic heterocycles. The van der Waals surface area contributed by atoms with Crippen molar-refractivity contribution in [2.45, 2.75) is 32.9 Å². The summed E-state index contributed by atoms with van der Waals surface area (Å²) in [4.78, 5) is 28.8. The first kappa shape index (κ1) is 21.3. The van der Waals surface area contributed by atoms with Crippen molar-refractivity contribution in [3.05, 3.63) is 70.2 Å². The summed E-state index contributed by atoms with van der Waals surface area (Å²) in [5, 5.41) is 3.52. The van der Waals surface area contributed by atoms with Crippen LogP contribution in [0.5, 0.6) is 0 Å². The lowest BCUT2D eigenvalue weighted by Gasteiger charge is -2.35. The number of piperazine rings is 1. The topological polar surface area (TPSA) is 52.7 Å². The highest BCUT2D eigenvalue weighted by Crippen LogP contribution is 2.21. The maximum Gasteiger partial charge on any atom is 0.225 e. The van der Waals surface area contributed by atoms with Gasteiger partial charge in [-0.1, -0.05) is 48.0 Å². The number of amides is 2. The fourth-order valence-electron chi connectivity index (χ4n) is 3.68. The van der Waals surface area contributed by atoms with Crippen LogP contribution in [0.4, 0.5) is 0 Å². The summed E-state index contributed by atoms with van der Waals surface area (Å²) in [7, 11) is 0. The Morgan fingerprint density at radius 3 is 2.31 bits per heavy atom. The molecule has 3 rings (SSSR count). The zero-order chi connectivity index (χ0) is 20.8. The summed E-state index contributed by atoms with van der Waals surface area (Å²) in [5.74, 6) is -0.0879. The van der Waals surface area contributed by atoms with E-state index in [1.165, 1.54) is 18.1 Å². The van der Waals surface area contributed by atoms with Crippen LogP contribution in [0.2, 0.25) is 5.02 Å². The van der Waals surface area contributed by atoms with Gasteiger partial charge in [0.05, 0.1) is 12.5 Å². The molecule has 0 aromatic heterocycles. The van der Waals surface area contributed by atoms with E-state index in [-0.39, 0.29) is 24.3 Å². The van der Waals surface area contributed by atoms with Crippen LogP contribution in [-0.4, -0.2) is 47.8 Å². The van der Waals surface area contributed by atoms with Gasteiger partial charge in [0.25, 0.3) is 0 Å². The molecule has 1 fully saturated rings. The van der Waals surface area contributed by atoms with E-state index < -0.39 is 0 Å². The van der Waals surface area contributed by atoms with Crippen LogP contribution in [0.25, 0.3) is 0 Å². The summed E-state index contributed by atoms with van der Waals surface area (Å²) in [6, 6.07) is 15.4. The highest BCUT2D eigenvalue weighted by atomic mass is 35.5. The number of halogens is 1. The standard InChI is InChI=1S/C23H28ClN3O2/c1-17-5-3-4-6-20(17)16-26-11-13-27(14-12-26)23(29)15-22(25-18(2)28)19-7-9-21(24)10-8-19/h3-10,22H,11-16H2,1-2H3,(H,25,28)/t22-/m0/s1. The van der Waals surface area contributed by atoms with E-state index in [0.29, 0.717) is 18.1 Å². The van der Waals surface area contributed by atoms with Gasteiger partial charge in [0, 0.05) is 44.7 Å². The molecule has 2 aromatic carbocycles. The fourth-order valence-corrected chi connectivity index (χ4v) is 3.81. The molecule has 1 N–H and O–H groups in total. The van der Waals surface area contributed by atoms with Gasteiger partial charge in [-0.2, -0.15) is 0 Å². The van der Waals surface area contributed by atoms with Crippen molar-refractivity contribution in [1.29, 1.82) is 0 Å². The van der Waals surface area contributed by atoms with Crippen molar-refractivity contribution >= 4 is 23.4 Å². The second-order valence-corrected chi connectivity index (χ2v) is 8.03. The molecule has 1 aliphatic rings. The Hall–Kier alpha value is -2.37. The van der Waals surface area contributed by atoms with Crippen molar-refractivity contribution in [1.82, 2.24) is 15.1 Å². The molecule has 6 heteroatoms. The minimum Gasteiger partial charge on any atom is -0.349 e. The normalized spacial score (nSPS) is 15.8. The van der Waals surface area contributed by atoms with E-state index in [0.717, 1.165) is 25.2 Å². The Morgan fingerprint density at radius 2 is 1.69 bits per heavy atom. The summed E-state index contributed by atoms with van der Waals surface area (Å²) >= 11 is 5.96. The highest BCUT2D eigenvalue weighted by Gasteiger charge is 2.25. The highest BCUT2D eigenvalue weighted by molar-refractivity contribution is 6.30. The first-order valence-electron chi connectivity index (χ1n) is 9.99. The Bertz CT molecular complexity index is 845. The first-order valence-corrected chi connectivity index (χ1v) is 10.4. The molecule has 0 aliphatic carbocycles. The maximum absolute atomic E-state index is 12.9. The van der Waals surface area contributed by atoms with E-state index in [1.54, 1.807) is 12.1 Å². The third-order valence-corrected chi connectivity index (χ3v) is 5.66. The number of hydrogen-bond donors (Lipinski definition) is 1. The molecule has 2 amide bonds. The fraction of sp³-hybridized carbons (Fsp3) is 0.391. The third kappa shape index (κ3) is 6.05. The first-order chi connectivity index (χ1) is 13.9. The molecule has 5 nitrogen and oxygen atoms in total. The second kappa shape index (κ2) is 9.90. The van der Waals surface area contributed by atoms with E-state index in [9.17, 15) is 9.59 Å². The number of carbonyl (C=O) groups is 2. The molecule has 154 valence electrons. The molecule has 0 radical (unpaired) electrons. The molecular weight excluding hydrogens is 386 g/mol. The molecule has 0 spiro atoms. The number of benzene rings is 2. The Balaban J connectivity index is 1.56. The van der Waals surface area contributed by atoms with Crippen LogP contribution in [0, 0.1) is 6.92 Å². The second-order valence-electron chi connectivity index (χ2n) is 7.59. The third-order valence-electron chi connectivity index (χ3n) is 5.41. The summed E-state index contributed by atoms with van der Waals surface area (Å²) in [6.07, 6.45) is 0.249. The largest absolute Gasteiger partial charge is 0.349 e. The van der Waals surface area contributed by atoms with Gasteiger partial charge in [0.15, 0.2) is 0 Å². The lowest BCUT2D eigenvalue weighted by atomic mass is 10.0. The van der Waals surface area contributed by atoms with Crippen LogP contribution in [0.1, 0.15) is 36.1 Å². The van der Waals surface area contributed by atoms with Crippen molar-refractivity contribution in [2.24, 2.45) is 0 Å². The lowest BCUT2D eigenvalue weighted by Crippen LogP contribution is -2.49. The summed E-state index contributed by atoms with van der Waals surface area (Å²) in [5.41, 5.74) is 3.52. The molecule has 1 atom stereocenters.